The fourth-order valence-electron chi connectivity index (χ4n) is 2.03. The van der Waals surface area contributed by atoms with Crippen LogP contribution in [0.25, 0.3) is 6.08 Å². The Morgan fingerprint density at radius 3 is 2.95 bits per heavy atom. The Labute approximate surface area is 119 Å². The number of hydrogen-bond acceptors (Lipinski definition) is 5. The second-order valence-electron chi connectivity index (χ2n) is 4.41. The van der Waals surface area contributed by atoms with Crippen molar-refractivity contribution in [1.29, 1.82) is 0 Å². The topological polar surface area (TPSA) is 119 Å². The highest BCUT2D eigenvalue weighted by molar-refractivity contribution is 6.24. The predicted octanol–water partition coefficient (Wildman–Crippen LogP) is 0.301. The maximum atomic E-state index is 11.7. The lowest BCUT2D eigenvalue weighted by molar-refractivity contribution is -0.120. The lowest BCUT2D eigenvalue weighted by atomic mass is 10.00. The number of aromatic amines is 1. The number of nitrogens with one attached hydrogen (secondary N) is 3. The molecular formula is C13H11N5O3. The van der Waals surface area contributed by atoms with E-state index < -0.39 is 11.9 Å². The van der Waals surface area contributed by atoms with Crippen molar-refractivity contribution in [2.75, 3.05) is 0 Å². The standard InChI is InChI=1S/C13H11N5O3/c19-12-9(6-17-18-12)11-10(14-1-2-15-11)4-8-3-7(5-16-8)13(20)21/h1-6,9,14,16H,(H,18,19)(H,20,21). The molecule has 4 N–H and O–H groups in total. The summed E-state index contributed by atoms with van der Waals surface area (Å²) < 4.78 is 0. The second-order valence-corrected chi connectivity index (χ2v) is 4.41. The van der Waals surface area contributed by atoms with Gasteiger partial charge in [0.1, 0.15) is 5.92 Å². The van der Waals surface area contributed by atoms with Crippen LogP contribution in [0.4, 0.5) is 0 Å². The number of amides is 1. The molecule has 8 nitrogen and oxygen atoms in total. The van der Waals surface area contributed by atoms with Crippen LogP contribution in [0.3, 0.4) is 0 Å². The highest BCUT2D eigenvalue weighted by atomic mass is 16.4. The average molecular weight is 285 g/mol. The average Bonchev–Trinajstić information content (AvgIpc) is 3.09. The molecule has 1 amide bonds. The number of aliphatic imine (C=N–C) groups is 1. The number of H-pyrrole nitrogens is 1. The molecule has 0 saturated carbocycles. The Kier molecular flexibility index (Phi) is 3.11. The molecule has 0 aromatic carbocycles. The molecular weight excluding hydrogens is 274 g/mol. The molecule has 0 spiro atoms. The molecule has 21 heavy (non-hydrogen) atoms. The third kappa shape index (κ3) is 2.46. The SMILES string of the molecule is O=C(O)c1c[nH]c(C=C2NC=CN=C2C2C=NNC2=O)c1. The third-order valence-electron chi connectivity index (χ3n) is 3.03. The van der Waals surface area contributed by atoms with Crippen LogP contribution in [-0.4, -0.2) is 33.9 Å². The van der Waals surface area contributed by atoms with Gasteiger partial charge in [-0.3, -0.25) is 9.79 Å². The van der Waals surface area contributed by atoms with E-state index in [1.807, 2.05) is 0 Å². The van der Waals surface area contributed by atoms with Crippen molar-refractivity contribution in [3.63, 3.8) is 0 Å². The van der Waals surface area contributed by atoms with Crippen molar-refractivity contribution in [1.82, 2.24) is 15.7 Å². The number of nitrogens with zero attached hydrogens (tertiary/aromatic N) is 2. The first-order valence-electron chi connectivity index (χ1n) is 6.11. The van der Waals surface area contributed by atoms with Gasteiger partial charge in [-0.2, -0.15) is 5.10 Å². The van der Waals surface area contributed by atoms with Crippen LogP contribution in [0.2, 0.25) is 0 Å². The molecule has 0 radical (unpaired) electrons. The van der Waals surface area contributed by atoms with Crippen LogP contribution in [0.5, 0.6) is 0 Å². The summed E-state index contributed by atoms with van der Waals surface area (Å²) in [6.07, 6.45) is 7.74. The van der Waals surface area contributed by atoms with Crippen LogP contribution in [0.1, 0.15) is 16.1 Å². The molecule has 0 saturated heterocycles. The minimum atomic E-state index is -1.01. The fourth-order valence-corrected chi connectivity index (χ4v) is 2.03. The molecule has 0 fully saturated rings. The molecule has 1 atom stereocenters. The van der Waals surface area contributed by atoms with Crippen LogP contribution >= 0.6 is 0 Å². The van der Waals surface area contributed by atoms with Gasteiger partial charge in [0.25, 0.3) is 5.91 Å². The summed E-state index contributed by atoms with van der Waals surface area (Å²) in [6.45, 7) is 0. The zero-order chi connectivity index (χ0) is 14.8. The maximum Gasteiger partial charge on any atom is 0.337 e. The number of carbonyl (C=O) groups excluding carboxylic acids is 1. The number of carboxylic acids is 1. The van der Waals surface area contributed by atoms with Gasteiger partial charge >= 0.3 is 5.97 Å². The molecule has 2 aliphatic rings. The van der Waals surface area contributed by atoms with Crippen LogP contribution < -0.4 is 10.7 Å². The van der Waals surface area contributed by atoms with E-state index in [1.54, 1.807) is 18.5 Å². The van der Waals surface area contributed by atoms with E-state index in [-0.39, 0.29) is 11.5 Å². The Morgan fingerprint density at radius 1 is 1.43 bits per heavy atom. The summed E-state index contributed by atoms with van der Waals surface area (Å²) in [5.41, 5.74) is 4.22. The van der Waals surface area contributed by atoms with Gasteiger partial charge in [0.2, 0.25) is 0 Å². The molecule has 1 unspecified atom stereocenters. The minimum Gasteiger partial charge on any atom is -0.478 e. The quantitative estimate of drug-likeness (QED) is 0.638. The maximum absolute atomic E-state index is 11.7. The van der Waals surface area contributed by atoms with E-state index in [0.29, 0.717) is 17.1 Å². The van der Waals surface area contributed by atoms with Crippen molar-refractivity contribution in [3.8, 4) is 0 Å². The van der Waals surface area contributed by atoms with Crippen molar-refractivity contribution < 1.29 is 14.7 Å². The number of hydrazone groups is 1. The first kappa shape index (κ1) is 12.9. The van der Waals surface area contributed by atoms with E-state index >= 15 is 0 Å². The Hall–Kier alpha value is -3.16. The number of hydrogen-bond donors (Lipinski definition) is 4. The smallest absolute Gasteiger partial charge is 0.337 e. The molecule has 0 bridgehead atoms. The zero-order valence-corrected chi connectivity index (χ0v) is 10.7. The normalized spacial score (nSPS) is 22.1. The lowest BCUT2D eigenvalue weighted by Crippen LogP contribution is -2.32. The van der Waals surface area contributed by atoms with E-state index in [1.165, 1.54) is 18.5 Å². The Balaban J connectivity index is 1.92. The van der Waals surface area contributed by atoms with Gasteiger partial charge in [-0.25, -0.2) is 10.2 Å². The number of carboxylic acid groups (broad SMARTS) is 1. The van der Waals surface area contributed by atoms with Gasteiger partial charge in [0.15, 0.2) is 0 Å². The lowest BCUT2D eigenvalue weighted by Gasteiger charge is -2.16. The van der Waals surface area contributed by atoms with Crippen LogP contribution in [-0.2, 0) is 4.79 Å². The molecule has 3 rings (SSSR count). The van der Waals surface area contributed by atoms with Gasteiger partial charge in [0.05, 0.1) is 17.0 Å². The molecule has 3 heterocycles. The fraction of sp³-hybridized carbons (Fsp3) is 0.0769. The van der Waals surface area contributed by atoms with Crippen molar-refractivity contribution >= 4 is 29.9 Å². The number of rotatable bonds is 3. The van der Waals surface area contributed by atoms with Gasteiger partial charge in [-0.15, -0.1) is 0 Å². The van der Waals surface area contributed by atoms with Crippen molar-refractivity contribution in [2.24, 2.45) is 16.0 Å². The number of aromatic carboxylic acids is 1. The van der Waals surface area contributed by atoms with Crippen molar-refractivity contribution in [3.05, 3.63) is 41.6 Å². The number of allylic oxidation sites excluding steroid dienone is 1. The Bertz CT molecular complexity index is 726. The van der Waals surface area contributed by atoms with Gasteiger partial charge in [0, 0.05) is 30.5 Å². The highest BCUT2D eigenvalue weighted by Crippen LogP contribution is 2.16. The molecule has 0 aliphatic carbocycles. The monoisotopic (exact) mass is 285 g/mol. The van der Waals surface area contributed by atoms with E-state index in [2.05, 4.69) is 25.8 Å². The van der Waals surface area contributed by atoms with Crippen LogP contribution in [0, 0.1) is 5.92 Å². The first-order chi connectivity index (χ1) is 10.1. The summed E-state index contributed by atoms with van der Waals surface area (Å²) in [4.78, 5) is 29.6. The zero-order valence-electron chi connectivity index (χ0n) is 10.7. The van der Waals surface area contributed by atoms with E-state index in [0.717, 1.165) is 0 Å². The number of carbonyl (C=O) groups is 2. The van der Waals surface area contributed by atoms with Crippen LogP contribution in [0.15, 0.2) is 40.5 Å². The largest absolute Gasteiger partial charge is 0.478 e. The molecule has 8 heteroatoms. The molecule has 106 valence electrons. The second kappa shape index (κ2) is 5.08. The summed E-state index contributed by atoms with van der Waals surface area (Å²) in [6, 6.07) is 1.50. The molecule has 1 aromatic rings. The highest BCUT2D eigenvalue weighted by Gasteiger charge is 2.29. The molecule has 2 aliphatic heterocycles. The van der Waals surface area contributed by atoms with E-state index in [9.17, 15) is 9.59 Å². The third-order valence-corrected chi connectivity index (χ3v) is 3.03. The van der Waals surface area contributed by atoms with Gasteiger partial charge in [-0.05, 0) is 12.1 Å². The summed E-state index contributed by atoms with van der Waals surface area (Å²) >= 11 is 0. The van der Waals surface area contributed by atoms with Gasteiger partial charge < -0.3 is 15.4 Å². The predicted molar refractivity (Wildman–Crippen MR) is 75.6 cm³/mol. The summed E-state index contributed by atoms with van der Waals surface area (Å²) in [5.74, 6) is -1.83. The first-order valence-corrected chi connectivity index (χ1v) is 6.11. The van der Waals surface area contributed by atoms with E-state index in [4.69, 9.17) is 5.11 Å². The Morgan fingerprint density at radius 2 is 2.29 bits per heavy atom. The van der Waals surface area contributed by atoms with Crippen molar-refractivity contribution in [2.45, 2.75) is 0 Å². The molecule has 1 aromatic heterocycles. The number of aromatic nitrogens is 1. The van der Waals surface area contributed by atoms with Gasteiger partial charge in [-0.1, -0.05) is 0 Å². The summed E-state index contributed by atoms with van der Waals surface area (Å²) in [7, 11) is 0. The minimum absolute atomic E-state index is 0.159. The summed E-state index contributed by atoms with van der Waals surface area (Å²) in [5, 5.41) is 15.6.